The molecule has 2 aromatic carbocycles. The number of amidine groups is 1. The molecule has 2 aromatic rings. The molecule has 4 bridgehead atoms. The number of hydrogen-bond donors (Lipinski definition) is 5. The second-order valence-corrected chi connectivity index (χ2v) is 9.61. The Morgan fingerprint density at radius 3 is 2.40 bits per heavy atom. The number of hydrogen-bond acceptors (Lipinski definition) is 9. The van der Waals surface area contributed by atoms with Crippen LogP contribution in [0.3, 0.4) is 0 Å². The van der Waals surface area contributed by atoms with E-state index in [0.29, 0.717) is 34.1 Å². The van der Waals surface area contributed by atoms with Crippen LogP contribution in [0.25, 0.3) is 0 Å². The topological polar surface area (TPSA) is 177 Å². The maximum atomic E-state index is 13.3. The molecule has 2 amide bonds. The van der Waals surface area contributed by atoms with Gasteiger partial charge in [0.15, 0.2) is 18.2 Å². The normalized spacial score (nSPS) is 15.7. The number of carbonyl (C=O) groups is 3. The number of benzene rings is 2. The molecule has 0 saturated heterocycles. The summed E-state index contributed by atoms with van der Waals surface area (Å²) in [4.78, 5) is 42.8. The molecule has 12 nitrogen and oxygen atoms in total. The SMILES string of the molecule is C=CN=C(C(=C)Br)C(=O)NNC(=O)C1Nc2ccc(cc2)/C(N)=N\COc2cc1ccc2OC(C)C.O=C(O)C(F)(F)F. The first-order chi connectivity index (χ1) is 20.1. The predicted octanol–water partition coefficient (Wildman–Crippen LogP) is 3.96. The fraction of sp³-hybridized carbons (Fsp3) is 0.222. The van der Waals surface area contributed by atoms with Crippen molar-refractivity contribution in [1.29, 1.82) is 0 Å². The van der Waals surface area contributed by atoms with Gasteiger partial charge in [0.05, 0.1) is 6.10 Å². The van der Waals surface area contributed by atoms with Crippen LogP contribution >= 0.6 is 15.9 Å². The van der Waals surface area contributed by atoms with Gasteiger partial charge in [0.1, 0.15) is 17.6 Å². The maximum absolute atomic E-state index is 13.3. The zero-order valence-electron chi connectivity index (χ0n) is 22.9. The molecule has 0 fully saturated rings. The number of alkyl halides is 3. The summed E-state index contributed by atoms with van der Waals surface area (Å²) in [5.41, 5.74) is 12.7. The summed E-state index contributed by atoms with van der Waals surface area (Å²) in [6, 6.07) is 11.3. The van der Waals surface area contributed by atoms with Crippen molar-refractivity contribution in [2.45, 2.75) is 32.2 Å². The van der Waals surface area contributed by atoms with Gasteiger partial charge in [-0.15, -0.1) is 0 Å². The molecule has 0 aromatic heterocycles. The van der Waals surface area contributed by atoms with Gasteiger partial charge >= 0.3 is 12.1 Å². The van der Waals surface area contributed by atoms with Gasteiger partial charge in [0.25, 0.3) is 11.8 Å². The maximum Gasteiger partial charge on any atom is 0.490 e. The van der Waals surface area contributed by atoms with Crippen LogP contribution in [0.15, 0.2) is 76.3 Å². The Bertz CT molecular complexity index is 1430. The van der Waals surface area contributed by atoms with Crippen LogP contribution in [0, 0.1) is 0 Å². The third-order valence-corrected chi connectivity index (χ3v) is 5.48. The Morgan fingerprint density at radius 2 is 1.86 bits per heavy atom. The van der Waals surface area contributed by atoms with Crippen molar-refractivity contribution in [3.8, 4) is 11.5 Å². The number of aliphatic carboxylic acids is 1. The lowest BCUT2D eigenvalue weighted by Gasteiger charge is -2.22. The number of halogens is 4. The van der Waals surface area contributed by atoms with E-state index in [4.69, 9.17) is 25.1 Å². The second kappa shape index (κ2) is 15.4. The average Bonchev–Trinajstić information content (AvgIpc) is 2.94. The first kappa shape index (κ1) is 34.3. The molecule has 0 radical (unpaired) electrons. The van der Waals surface area contributed by atoms with Crippen molar-refractivity contribution in [2.75, 3.05) is 12.0 Å². The highest BCUT2D eigenvalue weighted by Crippen LogP contribution is 2.33. The number of ether oxygens (including phenoxy) is 2. The van der Waals surface area contributed by atoms with Crippen LogP contribution in [0.2, 0.25) is 0 Å². The summed E-state index contributed by atoms with van der Waals surface area (Å²) < 4.78 is 43.7. The van der Waals surface area contributed by atoms with E-state index in [0.717, 1.165) is 0 Å². The van der Waals surface area contributed by atoms with Gasteiger partial charge < -0.3 is 25.6 Å². The van der Waals surface area contributed by atoms with E-state index in [2.05, 4.69) is 55.2 Å². The molecular formula is C27H28BrF3N6O6. The predicted molar refractivity (Wildman–Crippen MR) is 157 cm³/mol. The highest BCUT2D eigenvalue weighted by molar-refractivity contribution is 9.12. The number of hydrazine groups is 1. The lowest BCUT2D eigenvalue weighted by Crippen LogP contribution is -2.47. The summed E-state index contributed by atoms with van der Waals surface area (Å²) in [6.45, 7) is 10.9. The van der Waals surface area contributed by atoms with Gasteiger partial charge in [-0.1, -0.05) is 19.2 Å². The molecule has 1 atom stereocenters. The number of nitrogens with two attached hydrogens (primary N) is 1. The van der Waals surface area contributed by atoms with Crippen LogP contribution in [-0.4, -0.2) is 53.4 Å². The monoisotopic (exact) mass is 668 g/mol. The number of carboxylic acids is 1. The Balaban J connectivity index is 0.000000821. The number of fused-ring (bicyclic) bond motifs is 5. The van der Waals surface area contributed by atoms with E-state index < -0.39 is 30.0 Å². The van der Waals surface area contributed by atoms with Gasteiger partial charge in [0, 0.05) is 21.9 Å². The minimum Gasteiger partial charge on any atom is -0.487 e. The van der Waals surface area contributed by atoms with E-state index in [1.54, 1.807) is 42.5 Å². The summed E-state index contributed by atoms with van der Waals surface area (Å²) in [5, 5.41) is 10.3. The Morgan fingerprint density at radius 1 is 1.23 bits per heavy atom. The lowest BCUT2D eigenvalue weighted by molar-refractivity contribution is -0.192. The fourth-order valence-electron chi connectivity index (χ4n) is 3.23. The molecule has 2 aliphatic heterocycles. The molecule has 2 heterocycles. The van der Waals surface area contributed by atoms with E-state index in [1.165, 1.54) is 6.20 Å². The number of carbonyl (C=O) groups excluding carboxylic acids is 2. The minimum absolute atomic E-state index is 0.0350. The zero-order chi connectivity index (χ0) is 32.3. The molecule has 16 heteroatoms. The standard InChI is InChI=1S/C25H27BrN6O4.C2HF3O2/c1-5-28-21(15(4)26)24(33)31-32-25(34)22-17-8-11-19(36-14(2)3)20(12-17)35-13-29-23(27)16-6-9-18(30-22)10-7-16;3-2(4,5)1(6)7/h5-12,14,22,30H,1,4,13H2,2-3H3,(H2,27,29)(H,31,33)(H,32,34);(H,6,7). The third-order valence-electron chi connectivity index (χ3n) is 5.11. The van der Waals surface area contributed by atoms with Crippen molar-refractivity contribution >= 4 is 50.9 Å². The number of nitrogens with zero attached hydrogens (tertiary/aromatic N) is 2. The van der Waals surface area contributed by atoms with Crippen LogP contribution in [-0.2, 0) is 14.4 Å². The molecule has 0 spiro atoms. The largest absolute Gasteiger partial charge is 0.490 e. The van der Waals surface area contributed by atoms with Crippen molar-refractivity contribution in [3.05, 3.63) is 77.4 Å². The summed E-state index contributed by atoms with van der Waals surface area (Å²) in [5.74, 6) is -2.78. The number of amides is 2. The van der Waals surface area contributed by atoms with Crippen molar-refractivity contribution in [1.82, 2.24) is 10.9 Å². The number of anilines is 1. The Hall–Kier alpha value is -4.86. The third kappa shape index (κ3) is 10.5. The number of aliphatic imine (C=N–C) groups is 2. The molecule has 0 aliphatic carbocycles. The van der Waals surface area contributed by atoms with Crippen LogP contribution in [0.1, 0.15) is 31.0 Å². The summed E-state index contributed by atoms with van der Waals surface area (Å²) >= 11 is 3.12. The average molecular weight is 669 g/mol. The van der Waals surface area contributed by atoms with Gasteiger partial charge in [-0.3, -0.25) is 25.4 Å². The van der Waals surface area contributed by atoms with E-state index in [-0.39, 0.29) is 23.0 Å². The summed E-state index contributed by atoms with van der Waals surface area (Å²) in [7, 11) is 0. The Kier molecular flexibility index (Phi) is 12.3. The molecule has 43 heavy (non-hydrogen) atoms. The van der Waals surface area contributed by atoms with E-state index >= 15 is 0 Å². The van der Waals surface area contributed by atoms with E-state index in [9.17, 15) is 22.8 Å². The Labute approximate surface area is 252 Å². The van der Waals surface area contributed by atoms with Crippen LogP contribution in [0.4, 0.5) is 18.9 Å². The van der Waals surface area contributed by atoms with Gasteiger partial charge in [-0.05, 0) is 71.7 Å². The molecule has 0 saturated carbocycles. The molecule has 2 aliphatic rings. The molecular weight excluding hydrogens is 641 g/mol. The molecule has 4 rings (SSSR count). The zero-order valence-corrected chi connectivity index (χ0v) is 24.5. The molecule has 230 valence electrons. The molecule has 6 N–H and O–H groups in total. The highest BCUT2D eigenvalue weighted by Gasteiger charge is 2.38. The lowest BCUT2D eigenvalue weighted by atomic mass is 10.0. The number of nitrogens with one attached hydrogen (secondary N) is 3. The number of carboxylic acid groups (broad SMARTS) is 1. The van der Waals surface area contributed by atoms with Crippen molar-refractivity contribution in [3.63, 3.8) is 0 Å². The highest BCUT2D eigenvalue weighted by atomic mass is 79.9. The van der Waals surface area contributed by atoms with Gasteiger partial charge in [-0.2, -0.15) is 13.2 Å². The number of rotatable bonds is 6. The summed E-state index contributed by atoms with van der Waals surface area (Å²) in [6.07, 6.45) is -3.99. The van der Waals surface area contributed by atoms with Crippen LogP contribution < -0.4 is 31.4 Å². The van der Waals surface area contributed by atoms with Crippen molar-refractivity contribution in [2.24, 2.45) is 15.7 Å². The van der Waals surface area contributed by atoms with Crippen molar-refractivity contribution < 1.29 is 42.1 Å². The molecule has 1 unspecified atom stereocenters. The first-order valence-corrected chi connectivity index (χ1v) is 13.0. The minimum atomic E-state index is -5.08. The van der Waals surface area contributed by atoms with Crippen LogP contribution in [0.5, 0.6) is 11.5 Å². The smallest absolute Gasteiger partial charge is 0.487 e. The second-order valence-electron chi connectivity index (χ2n) is 8.66. The first-order valence-electron chi connectivity index (χ1n) is 12.2. The van der Waals surface area contributed by atoms with E-state index in [1.807, 2.05) is 13.8 Å². The van der Waals surface area contributed by atoms with Gasteiger partial charge in [0.2, 0.25) is 0 Å². The fourth-order valence-corrected chi connectivity index (χ4v) is 3.51. The quantitative estimate of drug-likeness (QED) is 0.227. The van der Waals surface area contributed by atoms with Gasteiger partial charge in [-0.25, -0.2) is 9.79 Å².